The number of rotatable bonds is 8. The molecule has 9 nitrogen and oxygen atoms in total. The Bertz CT molecular complexity index is 777. The molecular weight excluding hydrogens is 384 g/mol. The monoisotopic (exact) mass is 414 g/mol. The van der Waals surface area contributed by atoms with E-state index in [0.29, 0.717) is 18.5 Å². The van der Waals surface area contributed by atoms with E-state index >= 15 is 0 Å². The average molecular weight is 415 g/mol. The van der Waals surface area contributed by atoms with Crippen molar-refractivity contribution in [3.63, 3.8) is 0 Å². The summed E-state index contributed by atoms with van der Waals surface area (Å²) in [4.78, 5) is 24.2. The zero-order valence-electron chi connectivity index (χ0n) is 16.9. The molecule has 1 saturated heterocycles. The summed E-state index contributed by atoms with van der Waals surface area (Å²) in [7, 11) is -3.68. The lowest BCUT2D eigenvalue weighted by Crippen LogP contribution is -2.43. The zero-order valence-corrected chi connectivity index (χ0v) is 17.8. The summed E-state index contributed by atoms with van der Waals surface area (Å²) in [5, 5.41) is 9.35. The van der Waals surface area contributed by atoms with Gasteiger partial charge in [-0.15, -0.1) is 0 Å². The van der Waals surface area contributed by atoms with Crippen LogP contribution >= 0.6 is 0 Å². The largest absolute Gasteiger partial charge is 0.360 e. The number of hydrogen-bond donors (Lipinski definition) is 2. The molecule has 0 aromatic carbocycles. The van der Waals surface area contributed by atoms with Crippen molar-refractivity contribution in [3.8, 4) is 0 Å². The number of hydrogen-bond acceptors (Lipinski definition) is 6. The van der Waals surface area contributed by atoms with E-state index in [9.17, 15) is 18.0 Å². The normalized spacial score (nSPS) is 17.3. The van der Waals surface area contributed by atoms with Gasteiger partial charge in [0.1, 0.15) is 10.6 Å². The molecule has 1 aliphatic rings. The van der Waals surface area contributed by atoms with Gasteiger partial charge in [0.05, 0.1) is 0 Å². The molecule has 1 unspecified atom stereocenters. The maximum absolute atomic E-state index is 12.8. The van der Waals surface area contributed by atoms with Gasteiger partial charge in [0.2, 0.25) is 21.8 Å². The molecule has 2 N–H and O–H groups in total. The van der Waals surface area contributed by atoms with Crippen molar-refractivity contribution in [2.24, 2.45) is 5.92 Å². The number of aromatic nitrogens is 1. The van der Waals surface area contributed by atoms with Gasteiger partial charge in [0, 0.05) is 38.0 Å². The third-order valence-corrected chi connectivity index (χ3v) is 7.21. The van der Waals surface area contributed by atoms with Crippen LogP contribution in [0.2, 0.25) is 0 Å². The number of nitrogens with one attached hydrogen (secondary N) is 2. The number of sulfonamides is 1. The second kappa shape index (κ2) is 9.51. The highest BCUT2D eigenvalue weighted by molar-refractivity contribution is 7.89. The Hall–Kier alpha value is -1.94. The topological polar surface area (TPSA) is 122 Å². The van der Waals surface area contributed by atoms with Crippen LogP contribution in [0.25, 0.3) is 0 Å². The molecule has 10 heteroatoms. The van der Waals surface area contributed by atoms with Crippen LogP contribution < -0.4 is 10.6 Å². The van der Waals surface area contributed by atoms with Crippen LogP contribution in [-0.4, -0.2) is 55.4 Å². The molecular formula is C18H30N4O5S. The van der Waals surface area contributed by atoms with E-state index in [1.54, 1.807) is 13.8 Å². The number of aryl methyl sites for hydroxylation is 2. The van der Waals surface area contributed by atoms with Gasteiger partial charge < -0.3 is 15.2 Å². The molecule has 2 heterocycles. The first-order valence-corrected chi connectivity index (χ1v) is 11.1. The van der Waals surface area contributed by atoms with Gasteiger partial charge in [-0.1, -0.05) is 12.1 Å². The molecule has 0 saturated carbocycles. The third-order valence-electron chi connectivity index (χ3n) is 5.06. The number of carbonyl (C=O) groups is 2. The first-order valence-electron chi connectivity index (χ1n) is 9.66. The van der Waals surface area contributed by atoms with Crippen LogP contribution in [0.15, 0.2) is 9.42 Å². The summed E-state index contributed by atoms with van der Waals surface area (Å²) in [5.41, 5.74) is 0.341. The SMILES string of the molecule is CCC(C)NC(=O)CCNC(=O)C1CCN(S(=O)(=O)c2c(C)noc2C)CC1. The summed E-state index contributed by atoms with van der Waals surface area (Å²) in [6, 6.07) is 0.118. The van der Waals surface area contributed by atoms with Crippen molar-refractivity contribution in [2.75, 3.05) is 19.6 Å². The minimum atomic E-state index is -3.68. The summed E-state index contributed by atoms with van der Waals surface area (Å²) in [5.74, 6) is -0.206. The molecule has 1 aliphatic heterocycles. The van der Waals surface area contributed by atoms with Crippen LogP contribution in [0.4, 0.5) is 0 Å². The highest BCUT2D eigenvalue weighted by atomic mass is 32.2. The smallest absolute Gasteiger partial charge is 0.248 e. The lowest BCUT2D eigenvalue weighted by Gasteiger charge is -2.30. The predicted molar refractivity (Wildman–Crippen MR) is 103 cm³/mol. The van der Waals surface area contributed by atoms with Gasteiger partial charge in [-0.3, -0.25) is 9.59 Å². The molecule has 1 fully saturated rings. The standard InChI is InChI=1S/C18H30N4O5S/c1-5-12(2)20-16(23)6-9-19-18(24)15-7-10-22(11-8-15)28(25,26)17-13(3)21-27-14(17)4/h12,15H,5-11H2,1-4H3,(H,19,24)(H,20,23). The van der Waals surface area contributed by atoms with Gasteiger partial charge >= 0.3 is 0 Å². The average Bonchev–Trinajstić information content (AvgIpc) is 3.00. The van der Waals surface area contributed by atoms with E-state index in [0.717, 1.165) is 6.42 Å². The second-order valence-electron chi connectivity index (χ2n) is 7.25. The van der Waals surface area contributed by atoms with Crippen molar-refractivity contribution in [2.45, 2.75) is 64.3 Å². The summed E-state index contributed by atoms with van der Waals surface area (Å²) in [6.45, 7) is 7.90. The lowest BCUT2D eigenvalue weighted by molar-refractivity contribution is -0.126. The first-order chi connectivity index (χ1) is 13.2. The van der Waals surface area contributed by atoms with E-state index in [4.69, 9.17) is 4.52 Å². The molecule has 2 amide bonds. The summed E-state index contributed by atoms with van der Waals surface area (Å²) >= 11 is 0. The fraction of sp³-hybridized carbons (Fsp3) is 0.722. The Balaban J connectivity index is 1.82. The minimum Gasteiger partial charge on any atom is -0.360 e. The quantitative estimate of drug-likeness (QED) is 0.657. The van der Waals surface area contributed by atoms with E-state index < -0.39 is 10.0 Å². The van der Waals surface area contributed by atoms with E-state index in [1.807, 2.05) is 13.8 Å². The Morgan fingerprint density at radius 2 is 1.93 bits per heavy atom. The van der Waals surface area contributed by atoms with Gasteiger partial charge in [-0.2, -0.15) is 4.31 Å². The molecule has 1 atom stereocenters. The summed E-state index contributed by atoms with van der Waals surface area (Å²) in [6.07, 6.45) is 1.96. The number of amides is 2. The third kappa shape index (κ3) is 5.32. The fourth-order valence-electron chi connectivity index (χ4n) is 3.22. The molecule has 1 aromatic rings. The Morgan fingerprint density at radius 3 is 2.46 bits per heavy atom. The zero-order chi connectivity index (χ0) is 20.9. The van der Waals surface area contributed by atoms with Gasteiger partial charge in [-0.25, -0.2) is 8.42 Å². The first kappa shape index (κ1) is 22.4. The summed E-state index contributed by atoms with van der Waals surface area (Å²) < 4.78 is 32.0. The molecule has 0 aliphatic carbocycles. The lowest BCUT2D eigenvalue weighted by atomic mass is 9.97. The Kier molecular flexibility index (Phi) is 7.59. The highest BCUT2D eigenvalue weighted by Gasteiger charge is 2.35. The molecule has 28 heavy (non-hydrogen) atoms. The molecule has 1 aromatic heterocycles. The van der Waals surface area contributed by atoms with E-state index in [-0.39, 0.29) is 60.5 Å². The maximum Gasteiger partial charge on any atom is 0.248 e. The fourth-order valence-corrected chi connectivity index (χ4v) is 4.98. The van der Waals surface area contributed by atoms with Gasteiger partial charge in [-0.05, 0) is 40.0 Å². The van der Waals surface area contributed by atoms with Crippen molar-refractivity contribution >= 4 is 21.8 Å². The maximum atomic E-state index is 12.8. The molecule has 2 rings (SSSR count). The van der Waals surface area contributed by atoms with E-state index in [1.165, 1.54) is 4.31 Å². The molecule has 0 spiro atoms. The van der Waals surface area contributed by atoms with Gasteiger partial charge in [0.15, 0.2) is 5.76 Å². The van der Waals surface area contributed by atoms with Crippen LogP contribution in [0, 0.1) is 19.8 Å². The Labute approximate surface area is 166 Å². The number of nitrogens with zero attached hydrogens (tertiary/aromatic N) is 2. The number of piperidine rings is 1. The molecule has 158 valence electrons. The van der Waals surface area contributed by atoms with Crippen molar-refractivity contribution in [3.05, 3.63) is 11.5 Å². The van der Waals surface area contributed by atoms with E-state index in [2.05, 4.69) is 15.8 Å². The Morgan fingerprint density at radius 1 is 1.29 bits per heavy atom. The van der Waals surface area contributed by atoms with Crippen LogP contribution in [0.1, 0.15) is 51.0 Å². The van der Waals surface area contributed by atoms with Crippen molar-refractivity contribution in [1.82, 2.24) is 20.1 Å². The van der Waals surface area contributed by atoms with Crippen LogP contribution in [-0.2, 0) is 19.6 Å². The molecule has 0 bridgehead atoms. The highest BCUT2D eigenvalue weighted by Crippen LogP contribution is 2.27. The van der Waals surface area contributed by atoms with Crippen molar-refractivity contribution < 1.29 is 22.5 Å². The van der Waals surface area contributed by atoms with Crippen LogP contribution in [0.3, 0.4) is 0 Å². The van der Waals surface area contributed by atoms with Gasteiger partial charge in [0.25, 0.3) is 0 Å². The predicted octanol–water partition coefficient (Wildman–Crippen LogP) is 1.11. The minimum absolute atomic E-state index is 0.0879. The number of carbonyl (C=O) groups excluding carboxylic acids is 2. The second-order valence-corrected chi connectivity index (χ2v) is 9.12. The van der Waals surface area contributed by atoms with Crippen molar-refractivity contribution in [1.29, 1.82) is 0 Å². The van der Waals surface area contributed by atoms with Crippen LogP contribution in [0.5, 0.6) is 0 Å². The molecule has 0 radical (unpaired) electrons.